The number of amides is 1. The van der Waals surface area contributed by atoms with Crippen LogP contribution in [0.5, 0.6) is 17.2 Å². The third-order valence-electron chi connectivity index (χ3n) is 5.38. The summed E-state index contributed by atoms with van der Waals surface area (Å²) in [7, 11) is 3.07. The smallest absolute Gasteiger partial charge is 0.339 e. The molecule has 0 saturated heterocycles. The molecule has 1 aromatic heterocycles. The number of hydrogen-bond donors (Lipinski definition) is 1. The van der Waals surface area contributed by atoms with E-state index in [1.165, 1.54) is 7.11 Å². The van der Waals surface area contributed by atoms with Gasteiger partial charge in [-0.25, -0.2) is 4.79 Å². The van der Waals surface area contributed by atoms with Crippen molar-refractivity contribution >= 4 is 22.6 Å². The van der Waals surface area contributed by atoms with E-state index in [9.17, 15) is 9.59 Å². The van der Waals surface area contributed by atoms with Gasteiger partial charge in [0.1, 0.15) is 22.8 Å². The van der Waals surface area contributed by atoms with Crippen LogP contribution in [-0.2, 0) is 17.6 Å². The molecule has 0 aliphatic heterocycles. The summed E-state index contributed by atoms with van der Waals surface area (Å²) < 4.78 is 21.7. The first-order valence-electron chi connectivity index (χ1n) is 9.74. The standard InChI is InChI=1S/C23H23NO6/c1-13-19(10-8-16-15-5-4-6-17(15)23(26)30-22(13)16)29-12-21(25)24-18-11-14(27-2)7-9-20(18)28-3/h7-11H,4-6,12H2,1-3H3,(H,24,25). The lowest BCUT2D eigenvalue weighted by atomic mass is 10.0. The van der Waals surface area contributed by atoms with Crippen molar-refractivity contribution in [2.45, 2.75) is 26.2 Å². The molecule has 1 aliphatic rings. The molecule has 7 heteroatoms. The number of nitrogens with one attached hydrogen (secondary N) is 1. The monoisotopic (exact) mass is 409 g/mol. The summed E-state index contributed by atoms with van der Waals surface area (Å²) in [5, 5.41) is 3.71. The van der Waals surface area contributed by atoms with Crippen molar-refractivity contribution in [3.63, 3.8) is 0 Å². The second kappa shape index (κ2) is 8.10. The zero-order valence-electron chi connectivity index (χ0n) is 17.2. The maximum atomic E-state index is 12.4. The van der Waals surface area contributed by atoms with Gasteiger partial charge in [0.15, 0.2) is 6.61 Å². The van der Waals surface area contributed by atoms with Crippen LogP contribution in [0.25, 0.3) is 11.0 Å². The fraction of sp³-hybridized carbons (Fsp3) is 0.304. The summed E-state index contributed by atoms with van der Waals surface area (Å²) in [6.45, 7) is 1.62. The topological polar surface area (TPSA) is 87.0 Å². The Labute approximate surface area is 173 Å². The highest BCUT2D eigenvalue weighted by Gasteiger charge is 2.21. The van der Waals surface area contributed by atoms with Crippen LogP contribution in [0.2, 0.25) is 0 Å². The Hall–Kier alpha value is -3.48. The number of aryl methyl sites for hydroxylation is 2. The molecule has 30 heavy (non-hydrogen) atoms. The summed E-state index contributed by atoms with van der Waals surface area (Å²) in [4.78, 5) is 24.7. The molecule has 0 atom stereocenters. The van der Waals surface area contributed by atoms with Gasteiger partial charge in [-0.05, 0) is 56.0 Å². The molecule has 0 unspecified atom stereocenters. The van der Waals surface area contributed by atoms with E-state index in [-0.39, 0.29) is 18.1 Å². The zero-order chi connectivity index (χ0) is 21.3. The van der Waals surface area contributed by atoms with E-state index in [1.54, 1.807) is 25.3 Å². The molecule has 0 bridgehead atoms. The van der Waals surface area contributed by atoms with Gasteiger partial charge in [0.2, 0.25) is 0 Å². The Morgan fingerprint density at radius 1 is 1.07 bits per heavy atom. The number of anilines is 1. The van der Waals surface area contributed by atoms with E-state index in [1.807, 2.05) is 19.1 Å². The molecule has 3 aromatic rings. The third kappa shape index (κ3) is 3.58. The first kappa shape index (κ1) is 19.8. The molecular weight excluding hydrogens is 386 g/mol. The number of benzene rings is 2. The largest absolute Gasteiger partial charge is 0.497 e. The van der Waals surface area contributed by atoms with Crippen molar-refractivity contribution in [3.8, 4) is 17.2 Å². The minimum atomic E-state index is -0.351. The van der Waals surface area contributed by atoms with Crippen molar-refractivity contribution in [2.24, 2.45) is 0 Å². The van der Waals surface area contributed by atoms with Gasteiger partial charge in [0, 0.05) is 22.6 Å². The number of hydrogen-bond acceptors (Lipinski definition) is 6. The van der Waals surface area contributed by atoms with E-state index in [0.717, 1.165) is 35.8 Å². The molecule has 4 rings (SSSR count). The summed E-state index contributed by atoms with van der Waals surface area (Å²) >= 11 is 0. The van der Waals surface area contributed by atoms with Gasteiger partial charge in [0.05, 0.1) is 19.9 Å². The minimum absolute atomic E-state index is 0.206. The molecular formula is C23H23NO6. The molecule has 0 radical (unpaired) electrons. The first-order valence-corrected chi connectivity index (χ1v) is 9.74. The van der Waals surface area contributed by atoms with Gasteiger partial charge in [0.25, 0.3) is 5.91 Å². The number of ether oxygens (including phenoxy) is 3. The molecule has 1 aliphatic carbocycles. The number of carbonyl (C=O) groups is 1. The van der Waals surface area contributed by atoms with Crippen LogP contribution in [0.1, 0.15) is 23.1 Å². The Kier molecular flexibility index (Phi) is 5.35. The summed E-state index contributed by atoms with van der Waals surface area (Å²) in [6.07, 6.45) is 2.60. The van der Waals surface area contributed by atoms with Crippen molar-refractivity contribution in [1.29, 1.82) is 0 Å². The van der Waals surface area contributed by atoms with Gasteiger partial charge in [-0.3, -0.25) is 4.79 Å². The summed E-state index contributed by atoms with van der Waals surface area (Å²) in [5.41, 5.74) is 3.28. The average molecular weight is 409 g/mol. The molecule has 156 valence electrons. The Morgan fingerprint density at radius 2 is 1.83 bits per heavy atom. The maximum Gasteiger partial charge on any atom is 0.339 e. The fourth-order valence-corrected chi connectivity index (χ4v) is 3.86. The molecule has 0 spiro atoms. The highest BCUT2D eigenvalue weighted by atomic mass is 16.5. The van der Waals surface area contributed by atoms with Crippen LogP contribution < -0.4 is 25.2 Å². The van der Waals surface area contributed by atoms with Crippen LogP contribution in [0.15, 0.2) is 39.5 Å². The fourth-order valence-electron chi connectivity index (χ4n) is 3.86. The molecule has 7 nitrogen and oxygen atoms in total. The highest BCUT2D eigenvalue weighted by molar-refractivity contribution is 5.94. The van der Waals surface area contributed by atoms with Crippen molar-refractivity contribution < 1.29 is 23.4 Å². The normalized spacial score (nSPS) is 12.5. The number of rotatable bonds is 6. The highest BCUT2D eigenvalue weighted by Crippen LogP contribution is 2.33. The minimum Gasteiger partial charge on any atom is -0.497 e. The van der Waals surface area contributed by atoms with E-state index >= 15 is 0 Å². The third-order valence-corrected chi connectivity index (χ3v) is 5.38. The van der Waals surface area contributed by atoms with E-state index in [4.69, 9.17) is 18.6 Å². The molecule has 1 amide bonds. The van der Waals surface area contributed by atoms with Gasteiger partial charge in [-0.15, -0.1) is 0 Å². The molecule has 2 aromatic carbocycles. The van der Waals surface area contributed by atoms with Crippen molar-refractivity contribution in [2.75, 3.05) is 26.1 Å². The maximum absolute atomic E-state index is 12.4. The SMILES string of the molecule is COc1ccc(OC)c(NC(=O)COc2ccc3c4c(c(=O)oc3c2C)CCC4)c1. The van der Waals surface area contributed by atoms with Gasteiger partial charge in [-0.2, -0.15) is 0 Å². The summed E-state index contributed by atoms with van der Waals surface area (Å²) in [5.74, 6) is 1.26. The van der Waals surface area contributed by atoms with E-state index < -0.39 is 0 Å². The summed E-state index contributed by atoms with van der Waals surface area (Å²) in [6, 6.07) is 8.84. The van der Waals surface area contributed by atoms with Crippen LogP contribution in [-0.4, -0.2) is 26.7 Å². The van der Waals surface area contributed by atoms with Gasteiger partial charge < -0.3 is 23.9 Å². The lowest BCUT2D eigenvalue weighted by Crippen LogP contribution is -2.21. The van der Waals surface area contributed by atoms with Crippen LogP contribution in [0, 0.1) is 6.92 Å². The number of fused-ring (bicyclic) bond motifs is 3. The van der Waals surface area contributed by atoms with Gasteiger partial charge >= 0.3 is 5.63 Å². The molecule has 0 saturated carbocycles. The Morgan fingerprint density at radius 3 is 2.60 bits per heavy atom. The average Bonchev–Trinajstić information content (AvgIpc) is 3.25. The predicted molar refractivity (Wildman–Crippen MR) is 113 cm³/mol. The molecule has 1 N–H and O–H groups in total. The van der Waals surface area contributed by atoms with E-state index in [0.29, 0.717) is 34.1 Å². The quantitative estimate of drug-likeness (QED) is 0.626. The molecule has 0 fully saturated rings. The first-order chi connectivity index (χ1) is 14.5. The van der Waals surface area contributed by atoms with Crippen molar-refractivity contribution in [3.05, 3.63) is 57.4 Å². The van der Waals surface area contributed by atoms with Crippen LogP contribution >= 0.6 is 0 Å². The lowest BCUT2D eigenvalue weighted by Gasteiger charge is -2.14. The Balaban J connectivity index is 1.53. The lowest BCUT2D eigenvalue weighted by molar-refractivity contribution is -0.118. The predicted octanol–water partition coefficient (Wildman–Crippen LogP) is 3.62. The number of methoxy groups -OCH3 is 2. The van der Waals surface area contributed by atoms with Crippen LogP contribution in [0.4, 0.5) is 5.69 Å². The second-order valence-electron chi connectivity index (χ2n) is 7.17. The second-order valence-corrected chi connectivity index (χ2v) is 7.17. The number of carbonyl (C=O) groups excluding carboxylic acids is 1. The van der Waals surface area contributed by atoms with Crippen LogP contribution in [0.3, 0.4) is 0 Å². The Bertz CT molecular complexity index is 1180. The van der Waals surface area contributed by atoms with Crippen molar-refractivity contribution in [1.82, 2.24) is 0 Å². The zero-order valence-corrected chi connectivity index (χ0v) is 17.2. The van der Waals surface area contributed by atoms with Gasteiger partial charge in [-0.1, -0.05) is 0 Å². The van der Waals surface area contributed by atoms with E-state index in [2.05, 4.69) is 5.32 Å². The molecule has 1 heterocycles.